The van der Waals surface area contributed by atoms with E-state index in [1.165, 1.54) is 6.42 Å². The van der Waals surface area contributed by atoms with Crippen LogP contribution in [0.3, 0.4) is 0 Å². The van der Waals surface area contributed by atoms with Crippen LogP contribution in [0.4, 0.5) is 0 Å². The Bertz CT molecular complexity index is 453. The Morgan fingerprint density at radius 3 is 2.60 bits per heavy atom. The van der Waals surface area contributed by atoms with E-state index in [0.29, 0.717) is 23.9 Å². The van der Waals surface area contributed by atoms with E-state index in [-0.39, 0.29) is 6.61 Å². The number of nitrogens with one attached hydrogen (secondary N) is 1. The van der Waals surface area contributed by atoms with Crippen molar-refractivity contribution in [2.75, 3.05) is 19.7 Å². The van der Waals surface area contributed by atoms with Gasteiger partial charge in [-0.1, -0.05) is 18.6 Å². The van der Waals surface area contributed by atoms with Gasteiger partial charge in [0, 0.05) is 13.2 Å². The lowest BCUT2D eigenvalue weighted by atomic mass is 9.97. The van der Waals surface area contributed by atoms with Gasteiger partial charge in [-0.05, 0) is 48.9 Å². The van der Waals surface area contributed by atoms with Crippen LogP contribution < -0.4 is 5.32 Å². The molecule has 1 aromatic rings. The summed E-state index contributed by atoms with van der Waals surface area (Å²) in [7, 11) is 0. The molecule has 0 spiro atoms. The van der Waals surface area contributed by atoms with E-state index in [1.54, 1.807) is 24.3 Å². The molecular formula is C16H22N2O2. The monoisotopic (exact) mass is 274 g/mol. The molecule has 4 nitrogen and oxygen atoms in total. The second kappa shape index (κ2) is 7.39. The number of nitriles is 1. The highest BCUT2D eigenvalue weighted by Gasteiger charge is 2.26. The molecule has 0 bridgehead atoms. The topological polar surface area (TPSA) is 76.3 Å². The van der Waals surface area contributed by atoms with Crippen molar-refractivity contribution in [3.63, 3.8) is 0 Å². The number of aliphatic hydroxyl groups excluding tert-OH is 2. The van der Waals surface area contributed by atoms with E-state index >= 15 is 0 Å². The molecule has 1 fully saturated rings. The average molecular weight is 274 g/mol. The van der Waals surface area contributed by atoms with Gasteiger partial charge in [-0.2, -0.15) is 5.26 Å². The molecular weight excluding hydrogens is 252 g/mol. The molecule has 1 aromatic carbocycles. The quantitative estimate of drug-likeness (QED) is 0.736. The summed E-state index contributed by atoms with van der Waals surface area (Å²) in [5.74, 6) is 0.933. The third-order valence-corrected chi connectivity index (χ3v) is 4.22. The predicted molar refractivity (Wildman–Crippen MR) is 76.9 cm³/mol. The van der Waals surface area contributed by atoms with Gasteiger partial charge in [-0.15, -0.1) is 0 Å². The first-order chi connectivity index (χ1) is 9.74. The highest BCUT2D eigenvalue weighted by molar-refractivity contribution is 5.32. The molecule has 1 aliphatic rings. The van der Waals surface area contributed by atoms with Crippen molar-refractivity contribution in [3.8, 4) is 6.07 Å². The largest absolute Gasteiger partial charge is 0.396 e. The lowest BCUT2D eigenvalue weighted by molar-refractivity contribution is 0.163. The normalized spacial score (nSPS) is 23.4. The summed E-state index contributed by atoms with van der Waals surface area (Å²) in [4.78, 5) is 0. The van der Waals surface area contributed by atoms with Gasteiger partial charge in [0.25, 0.3) is 0 Å². The third-order valence-electron chi connectivity index (χ3n) is 4.22. The predicted octanol–water partition coefficient (Wildman–Crippen LogP) is 1.59. The van der Waals surface area contributed by atoms with Gasteiger partial charge in [-0.25, -0.2) is 0 Å². The lowest BCUT2D eigenvalue weighted by Crippen LogP contribution is -2.30. The average Bonchev–Trinajstić information content (AvgIpc) is 2.94. The number of hydrogen-bond donors (Lipinski definition) is 3. The molecule has 0 radical (unpaired) electrons. The van der Waals surface area contributed by atoms with Gasteiger partial charge in [-0.3, -0.25) is 0 Å². The van der Waals surface area contributed by atoms with Crippen molar-refractivity contribution in [3.05, 3.63) is 35.4 Å². The number of hydrogen-bond acceptors (Lipinski definition) is 4. The van der Waals surface area contributed by atoms with Gasteiger partial charge in [0.15, 0.2) is 0 Å². The van der Waals surface area contributed by atoms with Crippen LogP contribution in [0.2, 0.25) is 0 Å². The van der Waals surface area contributed by atoms with Crippen molar-refractivity contribution in [2.45, 2.75) is 25.4 Å². The van der Waals surface area contributed by atoms with Gasteiger partial charge in [0.2, 0.25) is 0 Å². The molecule has 0 amide bonds. The van der Waals surface area contributed by atoms with Crippen molar-refractivity contribution < 1.29 is 10.2 Å². The minimum absolute atomic E-state index is 0.268. The van der Waals surface area contributed by atoms with Crippen LogP contribution in [-0.2, 0) is 0 Å². The van der Waals surface area contributed by atoms with E-state index in [4.69, 9.17) is 5.26 Å². The van der Waals surface area contributed by atoms with Crippen molar-refractivity contribution in [2.24, 2.45) is 11.8 Å². The van der Waals surface area contributed by atoms with Crippen LogP contribution in [0.5, 0.6) is 0 Å². The minimum atomic E-state index is -0.559. The molecule has 3 unspecified atom stereocenters. The number of benzene rings is 1. The van der Waals surface area contributed by atoms with Crippen LogP contribution in [0.1, 0.15) is 36.5 Å². The fourth-order valence-electron chi connectivity index (χ4n) is 2.93. The Balaban J connectivity index is 1.77. The van der Waals surface area contributed by atoms with Crippen LogP contribution in [0.15, 0.2) is 24.3 Å². The molecule has 108 valence electrons. The van der Waals surface area contributed by atoms with Crippen LogP contribution >= 0.6 is 0 Å². The van der Waals surface area contributed by atoms with Crippen molar-refractivity contribution >= 4 is 0 Å². The first kappa shape index (κ1) is 15.0. The summed E-state index contributed by atoms with van der Waals surface area (Å²) in [6, 6.07) is 9.08. The molecule has 20 heavy (non-hydrogen) atoms. The fraction of sp³-hybridized carbons (Fsp3) is 0.562. The summed E-state index contributed by atoms with van der Waals surface area (Å²) in [6.45, 7) is 1.61. The fourth-order valence-corrected chi connectivity index (χ4v) is 2.93. The molecule has 1 aliphatic carbocycles. The second-order valence-electron chi connectivity index (χ2n) is 5.54. The molecule has 1 saturated carbocycles. The van der Waals surface area contributed by atoms with Gasteiger partial charge < -0.3 is 15.5 Å². The number of aliphatic hydroxyl groups is 2. The molecule has 3 atom stereocenters. The summed E-state index contributed by atoms with van der Waals surface area (Å²) in [6.07, 6.45) is 2.90. The molecule has 3 N–H and O–H groups in total. The Morgan fingerprint density at radius 1 is 1.25 bits per heavy atom. The smallest absolute Gasteiger partial charge is 0.0991 e. The van der Waals surface area contributed by atoms with Crippen LogP contribution in [0.25, 0.3) is 0 Å². The Hall–Kier alpha value is -1.41. The molecule has 0 saturated heterocycles. The first-order valence-electron chi connectivity index (χ1n) is 7.24. The Kier molecular flexibility index (Phi) is 5.54. The SMILES string of the molecule is N#Cc1ccc(C(O)CNCC2CCCC2CO)cc1. The Labute approximate surface area is 120 Å². The molecule has 0 aliphatic heterocycles. The highest BCUT2D eigenvalue weighted by atomic mass is 16.3. The van der Waals surface area contributed by atoms with Crippen LogP contribution in [-0.4, -0.2) is 29.9 Å². The van der Waals surface area contributed by atoms with Gasteiger partial charge >= 0.3 is 0 Å². The number of rotatable bonds is 6. The van der Waals surface area contributed by atoms with E-state index in [1.807, 2.05) is 0 Å². The zero-order valence-corrected chi connectivity index (χ0v) is 11.6. The van der Waals surface area contributed by atoms with Gasteiger partial charge in [0.1, 0.15) is 0 Å². The third kappa shape index (κ3) is 3.80. The summed E-state index contributed by atoms with van der Waals surface area (Å²) >= 11 is 0. The summed E-state index contributed by atoms with van der Waals surface area (Å²) < 4.78 is 0. The van der Waals surface area contributed by atoms with Crippen molar-refractivity contribution in [1.82, 2.24) is 5.32 Å². The van der Waals surface area contributed by atoms with Crippen LogP contribution in [0, 0.1) is 23.2 Å². The van der Waals surface area contributed by atoms with E-state index in [0.717, 1.165) is 24.9 Å². The maximum absolute atomic E-state index is 10.1. The number of nitrogens with zero attached hydrogens (tertiary/aromatic N) is 1. The zero-order valence-electron chi connectivity index (χ0n) is 11.6. The summed E-state index contributed by atoms with van der Waals surface area (Å²) in [5, 5.41) is 31.4. The maximum atomic E-state index is 10.1. The Morgan fingerprint density at radius 2 is 1.95 bits per heavy atom. The molecule has 4 heteroatoms. The summed E-state index contributed by atoms with van der Waals surface area (Å²) in [5.41, 5.74) is 1.42. The second-order valence-corrected chi connectivity index (χ2v) is 5.54. The van der Waals surface area contributed by atoms with E-state index in [2.05, 4.69) is 11.4 Å². The lowest BCUT2D eigenvalue weighted by Gasteiger charge is -2.19. The van der Waals surface area contributed by atoms with Crippen molar-refractivity contribution in [1.29, 1.82) is 5.26 Å². The molecule has 0 heterocycles. The first-order valence-corrected chi connectivity index (χ1v) is 7.24. The highest BCUT2D eigenvalue weighted by Crippen LogP contribution is 2.30. The maximum Gasteiger partial charge on any atom is 0.0991 e. The molecule has 0 aromatic heterocycles. The standard InChI is InChI=1S/C16H22N2O2/c17-8-12-4-6-13(7-5-12)16(20)10-18-9-14-2-1-3-15(14)11-19/h4-7,14-16,18-20H,1-3,9-11H2. The minimum Gasteiger partial charge on any atom is -0.396 e. The van der Waals surface area contributed by atoms with Gasteiger partial charge in [0.05, 0.1) is 17.7 Å². The van der Waals surface area contributed by atoms with E-state index in [9.17, 15) is 10.2 Å². The van der Waals surface area contributed by atoms with E-state index < -0.39 is 6.10 Å². The molecule has 2 rings (SSSR count). The zero-order chi connectivity index (χ0) is 14.4.